The molecule has 0 heterocycles. The molecule has 0 amide bonds. The Morgan fingerprint density at radius 3 is 2.20 bits per heavy atom. The highest BCUT2D eigenvalue weighted by Crippen LogP contribution is 2.27. The van der Waals surface area contributed by atoms with Gasteiger partial charge in [-0.1, -0.05) is 12.1 Å². The summed E-state index contributed by atoms with van der Waals surface area (Å²) in [5.74, 6) is 3.50. The van der Waals surface area contributed by atoms with E-state index in [0.29, 0.717) is 5.56 Å². The van der Waals surface area contributed by atoms with Crippen molar-refractivity contribution in [2.75, 3.05) is 0 Å². The minimum absolute atomic E-state index is 0.0163. The number of rotatable bonds is 5. The van der Waals surface area contributed by atoms with E-state index >= 15 is 0 Å². The molecule has 1 rings (SSSR count). The average molecular weight is 313 g/mol. The van der Waals surface area contributed by atoms with Crippen molar-refractivity contribution < 1.29 is 35.4 Å². The fourth-order valence-corrected chi connectivity index (χ4v) is 1.65. The van der Waals surface area contributed by atoms with Gasteiger partial charge in [-0.25, -0.2) is 0 Å². The highest BCUT2D eigenvalue weighted by Gasteiger charge is 2.48. The largest absolute Gasteiger partial charge is 0.534 e. The second-order valence-electron chi connectivity index (χ2n) is 3.62. The van der Waals surface area contributed by atoms with Gasteiger partial charge in [-0.15, -0.1) is 0 Å². The quantitative estimate of drug-likeness (QED) is 0.499. The summed E-state index contributed by atoms with van der Waals surface area (Å²) in [4.78, 5) is 14.7. The van der Waals surface area contributed by atoms with Crippen molar-refractivity contribution in [1.29, 1.82) is 0 Å². The molecule has 2 N–H and O–H groups in total. The Bertz CT molecular complexity index is 568. The molecular formula is C10H10F3NO5S. The molecule has 0 fully saturated rings. The van der Waals surface area contributed by atoms with Crippen LogP contribution in [0.1, 0.15) is 12.0 Å². The summed E-state index contributed by atoms with van der Waals surface area (Å²) in [5.41, 5.74) is -4.91. The van der Waals surface area contributed by atoms with Gasteiger partial charge in [0, 0.05) is 0 Å². The van der Waals surface area contributed by atoms with E-state index in [2.05, 4.69) is 14.9 Å². The van der Waals surface area contributed by atoms with Crippen LogP contribution in [0.5, 0.6) is 5.75 Å². The molecule has 0 unspecified atom stereocenters. The van der Waals surface area contributed by atoms with E-state index < -0.39 is 27.3 Å². The summed E-state index contributed by atoms with van der Waals surface area (Å²) >= 11 is 0. The minimum atomic E-state index is -5.68. The predicted octanol–water partition coefficient (Wildman–Crippen LogP) is 1.26. The molecule has 0 bridgehead atoms. The number of carbonyl (C=O) groups excluding carboxylic acids is 1. The molecule has 0 aliphatic heterocycles. The molecule has 6 nitrogen and oxygen atoms in total. The smallest absolute Gasteiger partial charge is 0.376 e. The Kier molecular flexibility index (Phi) is 4.95. The summed E-state index contributed by atoms with van der Waals surface area (Å²) in [7, 11) is -5.68. The van der Waals surface area contributed by atoms with E-state index in [4.69, 9.17) is 0 Å². The molecule has 1 aromatic carbocycles. The monoisotopic (exact) mass is 313 g/mol. The Morgan fingerprint density at radius 1 is 1.20 bits per heavy atom. The normalized spacial score (nSPS) is 12.0. The van der Waals surface area contributed by atoms with Crippen LogP contribution in [0.2, 0.25) is 0 Å². The molecule has 10 heteroatoms. The van der Waals surface area contributed by atoms with Crippen molar-refractivity contribution in [3.05, 3.63) is 29.8 Å². The Labute approximate surface area is 112 Å². The van der Waals surface area contributed by atoms with Gasteiger partial charge < -0.3 is 9.02 Å². The van der Waals surface area contributed by atoms with E-state index in [9.17, 15) is 26.4 Å². The Hall–Kier alpha value is -1.81. The summed E-state index contributed by atoms with van der Waals surface area (Å²) in [6, 6.07) is 4.74. The lowest BCUT2D eigenvalue weighted by Crippen LogP contribution is -2.28. The third-order valence-electron chi connectivity index (χ3n) is 2.16. The number of nitrogens with two attached hydrogens (primary N) is 1. The van der Waals surface area contributed by atoms with Gasteiger partial charge in [0.15, 0.2) is 0 Å². The van der Waals surface area contributed by atoms with Gasteiger partial charge >= 0.3 is 21.6 Å². The van der Waals surface area contributed by atoms with Crippen molar-refractivity contribution in [3.8, 4) is 5.75 Å². The number of hydrogen-bond acceptors (Lipinski definition) is 6. The molecule has 0 saturated carbocycles. The topological polar surface area (TPSA) is 95.7 Å². The fraction of sp³-hybridized carbons (Fsp3) is 0.300. The average Bonchev–Trinajstić information content (AvgIpc) is 2.35. The van der Waals surface area contributed by atoms with E-state index in [-0.39, 0.29) is 12.8 Å². The Morgan fingerprint density at radius 2 is 1.75 bits per heavy atom. The molecule has 112 valence electrons. The first kappa shape index (κ1) is 16.2. The lowest BCUT2D eigenvalue weighted by atomic mass is 10.1. The second-order valence-corrected chi connectivity index (χ2v) is 5.15. The molecule has 0 saturated heterocycles. The number of hydrogen-bond donors (Lipinski definition) is 1. The zero-order valence-electron chi connectivity index (χ0n) is 9.88. The maximum Gasteiger partial charge on any atom is 0.534 e. The maximum atomic E-state index is 12.1. The molecule has 0 aliphatic rings. The summed E-state index contributed by atoms with van der Waals surface area (Å²) in [6.45, 7) is 0. The van der Waals surface area contributed by atoms with Crippen LogP contribution in [-0.4, -0.2) is 19.9 Å². The molecule has 0 spiro atoms. The lowest BCUT2D eigenvalue weighted by molar-refractivity contribution is -0.144. The summed E-state index contributed by atoms with van der Waals surface area (Å²) in [6.07, 6.45) is 0.222. The molecule has 20 heavy (non-hydrogen) atoms. The first-order valence-corrected chi connectivity index (χ1v) is 6.56. The fourth-order valence-electron chi connectivity index (χ4n) is 1.19. The van der Waals surface area contributed by atoms with Crippen LogP contribution >= 0.6 is 0 Å². The van der Waals surface area contributed by atoms with E-state index in [1.165, 1.54) is 12.1 Å². The third kappa shape index (κ3) is 4.38. The standard InChI is InChI=1S/C10H10F3NO5S/c11-10(12,13)20(16,17)19-8-4-1-7(2-5-8)3-6-9(15)18-14/h1-2,4-5H,3,6,14H2. The van der Waals surface area contributed by atoms with Gasteiger partial charge in [0.05, 0.1) is 6.42 Å². The molecule has 0 aromatic heterocycles. The van der Waals surface area contributed by atoms with Gasteiger partial charge in [-0.3, -0.25) is 4.79 Å². The first-order chi connectivity index (χ1) is 9.15. The lowest BCUT2D eigenvalue weighted by Gasteiger charge is -2.09. The number of halogens is 3. The molecule has 1 aromatic rings. The van der Waals surface area contributed by atoms with Crippen LogP contribution in [0.3, 0.4) is 0 Å². The van der Waals surface area contributed by atoms with Crippen molar-refractivity contribution in [2.45, 2.75) is 18.3 Å². The summed E-state index contributed by atoms with van der Waals surface area (Å²) < 4.78 is 61.6. The highest BCUT2D eigenvalue weighted by molar-refractivity contribution is 7.87. The van der Waals surface area contributed by atoms with Crippen molar-refractivity contribution in [3.63, 3.8) is 0 Å². The van der Waals surface area contributed by atoms with Crippen LogP contribution in [0.25, 0.3) is 0 Å². The number of benzene rings is 1. The number of aryl methyl sites for hydroxylation is 1. The molecule has 0 aliphatic carbocycles. The van der Waals surface area contributed by atoms with Crippen LogP contribution in [-0.2, 0) is 26.2 Å². The van der Waals surface area contributed by atoms with E-state index in [1.54, 1.807) is 0 Å². The SMILES string of the molecule is NOC(=O)CCc1ccc(OS(=O)(=O)C(F)(F)F)cc1. The van der Waals surface area contributed by atoms with E-state index in [1.807, 2.05) is 0 Å². The van der Waals surface area contributed by atoms with Gasteiger partial charge in [0.25, 0.3) is 0 Å². The van der Waals surface area contributed by atoms with Gasteiger partial charge in [-0.05, 0) is 24.1 Å². The molecular weight excluding hydrogens is 303 g/mol. The Balaban J connectivity index is 2.71. The van der Waals surface area contributed by atoms with E-state index in [0.717, 1.165) is 12.1 Å². The van der Waals surface area contributed by atoms with Gasteiger partial charge in [0.1, 0.15) is 5.75 Å². The minimum Gasteiger partial charge on any atom is -0.376 e. The zero-order valence-corrected chi connectivity index (χ0v) is 10.7. The van der Waals surface area contributed by atoms with Crippen molar-refractivity contribution in [2.24, 2.45) is 5.90 Å². The third-order valence-corrected chi connectivity index (χ3v) is 3.14. The van der Waals surface area contributed by atoms with Crippen LogP contribution in [0.4, 0.5) is 13.2 Å². The maximum absolute atomic E-state index is 12.1. The highest BCUT2D eigenvalue weighted by atomic mass is 32.2. The van der Waals surface area contributed by atoms with Crippen LogP contribution in [0, 0.1) is 0 Å². The van der Waals surface area contributed by atoms with Crippen molar-refractivity contribution >= 4 is 16.1 Å². The predicted molar refractivity (Wildman–Crippen MR) is 60.6 cm³/mol. The van der Waals surface area contributed by atoms with Crippen LogP contribution < -0.4 is 10.1 Å². The molecule has 0 radical (unpaired) electrons. The summed E-state index contributed by atoms with van der Waals surface area (Å²) in [5, 5.41) is 0. The number of alkyl halides is 3. The van der Waals surface area contributed by atoms with Gasteiger partial charge in [-0.2, -0.15) is 27.5 Å². The van der Waals surface area contributed by atoms with Crippen molar-refractivity contribution in [1.82, 2.24) is 0 Å². The van der Waals surface area contributed by atoms with Crippen LogP contribution in [0.15, 0.2) is 24.3 Å². The first-order valence-electron chi connectivity index (χ1n) is 5.15. The second kappa shape index (κ2) is 6.09. The number of carbonyl (C=O) groups is 1. The zero-order chi connectivity index (χ0) is 15.4. The van der Waals surface area contributed by atoms with Gasteiger partial charge in [0.2, 0.25) is 0 Å². The molecule has 0 atom stereocenters.